The molecule has 90 valence electrons. The molecule has 0 amide bonds. The zero-order chi connectivity index (χ0) is 11.6. The van der Waals surface area contributed by atoms with E-state index in [0.717, 1.165) is 19.4 Å². The van der Waals surface area contributed by atoms with Gasteiger partial charge in [0.05, 0.1) is 0 Å². The van der Waals surface area contributed by atoms with Crippen LogP contribution in [0.1, 0.15) is 12.8 Å². The van der Waals surface area contributed by atoms with E-state index in [1.54, 1.807) is 11.4 Å². The summed E-state index contributed by atoms with van der Waals surface area (Å²) < 4.78 is 27.8. The van der Waals surface area contributed by atoms with Gasteiger partial charge in [0, 0.05) is 17.1 Å². The van der Waals surface area contributed by atoms with Gasteiger partial charge in [-0.05, 0) is 46.8 Å². The standard InChI is InChI=1S/C9H13BrN2O2S2/c10-8-3-5-15-9(8)16(13,14)12-7-2-1-4-11-6-7/h3,5,7,11-12H,1-2,4,6H2/t7-/m0/s1. The van der Waals surface area contributed by atoms with Crippen molar-refractivity contribution in [2.75, 3.05) is 13.1 Å². The lowest BCUT2D eigenvalue weighted by Crippen LogP contribution is -2.45. The lowest BCUT2D eigenvalue weighted by atomic mass is 10.1. The molecule has 1 aromatic heterocycles. The SMILES string of the molecule is O=S(=O)(N[C@H]1CCCNC1)c1sccc1Br. The van der Waals surface area contributed by atoms with Crippen molar-refractivity contribution >= 4 is 37.3 Å². The Hall–Kier alpha value is 0.0500. The summed E-state index contributed by atoms with van der Waals surface area (Å²) in [5, 5.41) is 4.94. The van der Waals surface area contributed by atoms with Crippen molar-refractivity contribution in [3.63, 3.8) is 0 Å². The number of piperidine rings is 1. The van der Waals surface area contributed by atoms with Crippen molar-refractivity contribution in [3.05, 3.63) is 15.9 Å². The van der Waals surface area contributed by atoms with E-state index in [-0.39, 0.29) is 6.04 Å². The smallest absolute Gasteiger partial charge is 0.251 e. The summed E-state index contributed by atoms with van der Waals surface area (Å²) >= 11 is 4.47. The van der Waals surface area contributed by atoms with Crippen LogP contribution >= 0.6 is 27.3 Å². The Labute approximate surface area is 108 Å². The molecule has 1 aliphatic rings. The Bertz CT molecular complexity index is 452. The molecule has 0 bridgehead atoms. The highest BCUT2D eigenvalue weighted by atomic mass is 79.9. The van der Waals surface area contributed by atoms with Crippen LogP contribution in [0.2, 0.25) is 0 Å². The molecule has 1 aromatic rings. The van der Waals surface area contributed by atoms with Crippen LogP contribution in [0.15, 0.2) is 20.1 Å². The molecule has 0 saturated carbocycles. The Kier molecular flexibility index (Phi) is 4.01. The van der Waals surface area contributed by atoms with Crippen molar-refractivity contribution in [3.8, 4) is 0 Å². The molecule has 2 N–H and O–H groups in total. The minimum Gasteiger partial charge on any atom is -0.315 e. The van der Waals surface area contributed by atoms with E-state index in [1.165, 1.54) is 11.3 Å². The van der Waals surface area contributed by atoms with Crippen LogP contribution in [0.25, 0.3) is 0 Å². The van der Waals surface area contributed by atoms with E-state index in [1.807, 2.05) is 0 Å². The summed E-state index contributed by atoms with van der Waals surface area (Å²) in [4.78, 5) is 0. The summed E-state index contributed by atoms with van der Waals surface area (Å²) in [6.07, 6.45) is 1.91. The van der Waals surface area contributed by atoms with E-state index in [2.05, 4.69) is 26.0 Å². The van der Waals surface area contributed by atoms with Crippen LogP contribution in [0.4, 0.5) is 0 Å². The first-order valence-corrected chi connectivity index (χ1v) is 8.21. The molecule has 1 atom stereocenters. The minimum absolute atomic E-state index is 0.00718. The molecule has 4 nitrogen and oxygen atoms in total. The Morgan fingerprint density at radius 1 is 1.56 bits per heavy atom. The second kappa shape index (κ2) is 5.14. The highest BCUT2D eigenvalue weighted by Crippen LogP contribution is 2.27. The second-order valence-electron chi connectivity index (χ2n) is 3.72. The summed E-state index contributed by atoms with van der Waals surface area (Å²) in [5.41, 5.74) is 0. The highest BCUT2D eigenvalue weighted by Gasteiger charge is 2.24. The topological polar surface area (TPSA) is 58.2 Å². The number of nitrogens with one attached hydrogen (secondary N) is 2. The van der Waals surface area contributed by atoms with E-state index < -0.39 is 10.0 Å². The number of thiophene rings is 1. The maximum atomic E-state index is 12.0. The van der Waals surface area contributed by atoms with E-state index >= 15 is 0 Å². The molecule has 0 radical (unpaired) electrons. The first-order valence-electron chi connectivity index (χ1n) is 5.05. The van der Waals surface area contributed by atoms with Gasteiger partial charge in [0.2, 0.25) is 0 Å². The molecule has 1 saturated heterocycles. The van der Waals surface area contributed by atoms with Gasteiger partial charge >= 0.3 is 0 Å². The van der Waals surface area contributed by atoms with Gasteiger partial charge in [0.15, 0.2) is 0 Å². The molecule has 2 rings (SSSR count). The quantitative estimate of drug-likeness (QED) is 0.886. The predicted molar refractivity (Wildman–Crippen MR) is 68.2 cm³/mol. The van der Waals surface area contributed by atoms with Crippen LogP contribution in [0, 0.1) is 0 Å². The maximum Gasteiger partial charge on any atom is 0.251 e. The molecule has 0 aromatic carbocycles. The van der Waals surface area contributed by atoms with Crippen molar-refractivity contribution in [2.45, 2.75) is 23.1 Å². The summed E-state index contributed by atoms with van der Waals surface area (Å²) in [6.45, 7) is 1.68. The summed E-state index contributed by atoms with van der Waals surface area (Å²) in [5.74, 6) is 0. The van der Waals surface area contributed by atoms with Crippen LogP contribution in [-0.2, 0) is 10.0 Å². The summed E-state index contributed by atoms with van der Waals surface area (Å²) in [6, 6.07) is 1.76. The molecule has 0 spiro atoms. The lowest BCUT2D eigenvalue weighted by Gasteiger charge is -2.23. The van der Waals surface area contributed by atoms with E-state index in [9.17, 15) is 8.42 Å². The van der Waals surface area contributed by atoms with Gasteiger partial charge in [-0.3, -0.25) is 0 Å². The lowest BCUT2D eigenvalue weighted by molar-refractivity contribution is 0.429. The largest absolute Gasteiger partial charge is 0.315 e. The zero-order valence-electron chi connectivity index (χ0n) is 8.57. The molecule has 7 heteroatoms. The molecule has 16 heavy (non-hydrogen) atoms. The summed E-state index contributed by atoms with van der Waals surface area (Å²) in [7, 11) is -3.37. The van der Waals surface area contributed by atoms with Crippen LogP contribution in [0.5, 0.6) is 0 Å². The Morgan fingerprint density at radius 3 is 2.94 bits per heavy atom. The van der Waals surface area contributed by atoms with Gasteiger partial charge < -0.3 is 5.32 Å². The first-order chi connectivity index (χ1) is 7.59. The Morgan fingerprint density at radius 2 is 2.38 bits per heavy atom. The van der Waals surface area contributed by atoms with Crippen molar-refractivity contribution < 1.29 is 8.42 Å². The van der Waals surface area contributed by atoms with Crippen LogP contribution in [-0.4, -0.2) is 27.5 Å². The molecular formula is C9H13BrN2O2S2. The third kappa shape index (κ3) is 2.84. The Balaban J connectivity index is 2.11. The predicted octanol–water partition coefficient (Wildman–Crippen LogP) is 1.54. The number of hydrogen-bond acceptors (Lipinski definition) is 4. The number of halogens is 1. The van der Waals surface area contributed by atoms with Crippen LogP contribution in [0.3, 0.4) is 0 Å². The number of rotatable bonds is 3. The van der Waals surface area contributed by atoms with Gasteiger partial charge in [-0.25, -0.2) is 13.1 Å². The van der Waals surface area contributed by atoms with Crippen molar-refractivity contribution in [1.29, 1.82) is 0 Å². The van der Waals surface area contributed by atoms with Gasteiger partial charge in [0.1, 0.15) is 4.21 Å². The van der Waals surface area contributed by atoms with Crippen molar-refractivity contribution in [1.82, 2.24) is 10.0 Å². The van der Waals surface area contributed by atoms with Gasteiger partial charge in [-0.1, -0.05) is 0 Å². The third-order valence-electron chi connectivity index (χ3n) is 2.45. The van der Waals surface area contributed by atoms with Gasteiger partial charge in [-0.15, -0.1) is 11.3 Å². The monoisotopic (exact) mass is 324 g/mol. The molecule has 0 aliphatic carbocycles. The van der Waals surface area contributed by atoms with E-state index in [0.29, 0.717) is 15.2 Å². The van der Waals surface area contributed by atoms with E-state index in [4.69, 9.17) is 0 Å². The van der Waals surface area contributed by atoms with Gasteiger partial charge in [0.25, 0.3) is 10.0 Å². The van der Waals surface area contributed by atoms with Crippen molar-refractivity contribution in [2.24, 2.45) is 0 Å². The van der Waals surface area contributed by atoms with Crippen LogP contribution < -0.4 is 10.0 Å². The normalized spacial score (nSPS) is 22.2. The molecule has 0 unspecified atom stereocenters. The fraction of sp³-hybridized carbons (Fsp3) is 0.556. The molecule has 2 heterocycles. The maximum absolute atomic E-state index is 12.0. The number of hydrogen-bond donors (Lipinski definition) is 2. The average Bonchev–Trinajstić information content (AvgIpc) is 2.66. The fourth-order valence-electron chi connectivity index (χ4n) is 1.70. The minimum atomic E-state index is -3.37. The number of sulfonamides is 1. The third-order valence-corrected chi connectivity index (χ3v) is 6.64. The molecular weight excluding hydrogens is 312 g/mol. The second-order valence-corrected chi connectivity index (χ2v) is 7.40. The van der Waals surface area contributed by atoms with Gasteiger partial charge in [-0.2, -0.15) is 0 Å². The highest BCUT2D eigenvalue weighted by molar-refractivity contribution is 9.10. The molecule has 1 aliphatic heterocycles. The molecule has 1 fully saturated rings. The average molecular weight is 325 g/mol. The fourth-order valence-corrected chi connectivity index (χ4v) is 5.32. The zero-order valence-corrected chi connectivity index (χ0v) is 11.8. The first kappa shape index (κ1) is 12.5.